The van der Waals surface area contributed by atoms with E-state index in [9.17, 15) is 24.5 Å². The minimum Gasteiger partial charge on any atom is -0.489 e. The van der Waals surface area contributed by atoms with Crippen molar-refractivity contribution in [3.05, 3.63) is 132 Å². The van der Waals surface area contributed by atoms with E-state index < -0.39 is 22.8 Å². The van der Waals surface area contributed by atoms with E-state index in [-0.39, 0.29) is 23.6 Å². The second-order valence-electron chi connectivity index (χ2n) is 9.25. The zero-order chi connectivity index (χ0) is 30.5. The molecule has 1 N–H and O–H groups in total. The van der Waals surface area contributed by atoms with Gasteiger partial charge in [0.25, 0.3) is 17.5 Å². The summed E-state index contributed by atoms with van der Waals surface area (Å²) in [5, 5.41) is 13.1. The average Bonchev–Trinajstić information content (AvgIpc) is 2.99. The number of benzene rings is 4. The van der Waals surface area contributed by atoms with Gasteiger partial charge in [-0.3, -0.25) is 25.0 Å². The summed E-state index contributed by atoms with van der Waals surface area (Å²) in [6.07, 6.45) is 1.38. The van der Waals surface area contributed by atoms with E-state index in [1.165, 1.54) is 18.2 Å². The second-order valence-corrected chi connectivity index (χ2v) is 11.0. The average molecular weight is 707 g/mol. The SMILES string of the molecule is O=C1NC(=O)N(c2ccc(OCc3ccccc3)cc2)C(=O)/C1=C/c1cc(Br)c(OCc2ccc([N+](=O)[O-])cc2)c(Br)c1. The van der Waals surface area contributed by atoms with Crippen LogP contribution in [0.1, 0.15) is 16.7 Å². The van der Waals surface area contributed by atoms with Gasteiger partial charge in [0.15, 0.2) is 0 Å². The molecule has 43 heavy (non-hydrogen) atoms. The molecular formula is C31H21Br2N3O7. The smallest absolute Gasteiger partial charge is 0.335 e. The number of nitrogens with zero attached hydrogens (tertiary/aromatic N) is 2. The number of nitro benzene ring substituents is 1. The van der Waals surface area contributed by atoms with Crippen LogP contribution in [0, 0.1) is 10.1 Å². The van der Waals surface area contributed by atoms with Crippen molar-refractivity contribution in [2.45, 2.75) is 13.2 Å². The molecule has 0 spiro atoms. The van der Waals surface area contributed by atoms with Gasteiger partial charge in [-0.2, -0.15) is 0 Å². The molecular weight excluding hydrogens is 686 g/mol. The van der Waals surface area contributed by atoms with Crippen LogP contribution in [-0.2, 0) is 22.8 Å². The van der Waals surface area contributed by atoms with E-state index in [0.29, 0.717) is 32.6 Å². The first-order valence-corrected chi connectivity index (χ1v) is 14.3. The highest BCUT2D eigenvalue weighted by molar-refractivity contribution is 9.11. The summed E-state index contributed by atoms with van der Waals surface area (Å²) in [6, 6.07) is 24.5. The highest BCUT2D eigenvalue weighted by atomic mass is 79.9. The normalized spacial score (nSPS) is 14.0. The Morgan fingerprint density at radius 1 is 0.814 bits per heavy atom. The lowest BCUT2D eigenvalue weighted by molar-refractivity contribution is -0.384. The number of nitrogens with one attached hydrogen (secondary N) is 1. The summed E-state index contributed by atoms with van der Waals surface area (Å²) in [6.45, 7) is 0.500. The van der Waals surface area contributed by atoms with Gasteiger partial charge in [0.05, 0.1) is 19.6 Å². The quantitative estimate of drug-likeness (QED) is 0.0864. The molecule has 1 fully saturated rings. The van der Waals surface area contributed by atoms with Crippen LogP contribution in [0.3, 0.4) is 0 Å². The molecule has 1 heterocycles. The molecule has 12 heteroatoms. The van der Waals surface area contributed by atoms with Crippen LogP contribution in [-0.4, -0.2) is 22.8 Å². The Labute approximate surface area is 262 Å². The summed E-state index contributed by atoms with van der Waals surface area (Å²) in [4.78, 5) is 50.0. The van der Waals surface area contributed by atoms with Crippen molar-refractivity contribution in [1.29, 1.82) is 0 Å². The molecule has 0 saturated carbocycles. The Morgan fingerprint density at radius 2 is 1.42 bits per heavy atom. The summed E-state index contributed by atoms with van der Waals surface area (Å²) in [7, 11) is 0. The molecule has 1 aliphatic heterocycles. The van der Waals surface area contributed by atoms with Crippen molar-refractivity contribution in [3.63, 3.8) is 0 Å². The number of urea groups is 1. The van der Waals surface area contributed by atoms with E-state index in [4.69, 9.17) is 9.47 Å². The van der Waals surface area contributed by atoms with Crippen LogP contribution in [0.15, 0.2) is 106 Å². The number of hydrogen-bond donors (Lipinski definition) is 1. The van der Waals surface area contributed by atoms with Crippen molar-refractivity contribution in [3.8, 4) is 11.5 Å². The monoisotopic (exact) mass is 705 g/mol. The van der Waals surface area contributed by atoms with Crippen LogP contribution < -0.4 is 19.7 Å². The van der Waals surface area contributed by atoms with Gasteiger partial charge >= 0.3 is 6.03 Å². The predicted octanol–water partition coefficient (Wildman–Crippen LogP) is 6.94. The van der Waals surface area contributed by atoms with Crippen LogP contribution in [0.4, 0.5) is 16.2 Å². The number of barbiturate groups is 1. The fraction of sp³-hybridized carbons (Fsp3) is 0.0645. The summed E-state index contributed by atoms with van der Waals surface area (Å²) >= 11 is 6.91. The number of anilines is 1. The van der Waals surface area contributed by atoms with Crippen LogP contribution >= 0.6 is 31.9 Å². The molecule has 1 aliphatic rings. The first-order chi connectivity index (χ1) is 20.7. The summed E-state index contributed by atoms with van der Waals surface area (Å²) in [5.74, 6) is -0.599. The first-order valence-electron chi connectivity index (χ1n) is 12.7. The highest BCUT2D eigenvalue weighted by Gasteiger charge is 2.37. The Kier molecular flexibility index (Phi) is 8.98. The number of halogens is 2. The maximum absolute atomic E-state index is 13.4. The maximum Gasteiger partial charge on any atom is 0.335 e. The first kappa shape index (κ1) is 29.7. The summed E-state index contributed by atoms with van der Waals surface area (Å²) in [5.41, 5.74) is 2.22. The van der Waals surface area contributed by atoms with Gasteiger partial charge in [-0.1, -0.05) is 30.3 Å². The minimum absolute atomic E-state index is 0.0186. The van der Waals surface area contributed by atoms with Gasteiger partial charge in [0.1, 0.15) is 30.3 Å². The molecule has 216 valence electrons. The van der Waals surface area contributed by atoms with E-state index in [1.54, 1.807) is 48.5 Å². The van der Waals surface area contributed by atoms with Crippen molar-refractivity contribution in [2.24, 2.45) is 0 Å². The number of amides is 4. The minimum atomic E-state index is -0.859. The zero-order valence-corrected chi connectivity index (χ0v) is 25.3. The fourth-order valence-electron chi connectivity index (χ4n) is 4.16. The highest BCUT2D eigenvalue weighted by Crippen LogP contribution is 2.36. The van der Waals surface area contributed by atoms with Crippen LogP contribution in [0.5, 0.6) is 11.5 Å². The van der Waals surface area contributed by atoms with Crippen LogP contribution in [0.2, 0.25) is 0 Å². The lowest BCUT2D eigenvalue weighted by atomic mass is 10.1. The van der Waals surface area contributed by atoms with Crippen molar-refractivity contribution in [1.82, 2.24) is 5.32 Å². The predicted molar refractivity (Wildman–Crippen MR) is 165 cm³/mol. The van der Waals surface area contributed by atoms with Gasteiger partial charge in [-0.15, -0.1) is 0 Å². The molecule has 10 nitrogen and oxygen atoms in total. The third-order valence-electron chi connectivity index (χ3n) is 6.31. The number of imide groups is 2. The summed E-state index contributed by atoms with van der Waals surface area (Å²) < 4.78 is 12.7. The van der Waals surface area contributed by atoms with Gasteiger partial charge < -0.3 is 9.47 Å². The van der Waals surface area contributed by atoms with Gasteiger partial charge in [0.2, 0.25) is 0 Å². The number of carbonyl (C=O) groups excluding carboxylic acids is 3. The molecule has 0 aliphatic carbocycles. The number of rotatable bonds is 9. The van der Waals surface area contributed by atoms with Crippen molar-refractivity contribution in [2.75, 3.05) is 4.90 Å². The van der Waals surface area contributed by atoms with E-state index in [1.807, 2.05) is 30.3 Å². The molecule has 4 aromatic carbocycles. The second kappa shape index (κ2) is 13.0. The Morgan fingerprint density at radius 3 is 2.05 bits per heavy atom. The number of carbonyl (C=O) groups is 3. The Bertz CT molecular complexity index is 1720. The largest absolute Gasteiger partial charge is 0.489 e. The maximum atomic E-state index is 13.4. The molecule has 4 amide bonds. The molecule has 0 radical (unpaired) electrons. The van der Waals surface area contributed by atoms with Gasteiger partial charge in [0, 0.05) is 12.1 Å². The number of hydrogen-bond acceptors (Lipinski definition) is 7. The lowest BCUT2D eigenvalue weighted by Gasteiger charge is -2.26. The molecule has 5 rings (SSSR count). The molecule has 0 aromatic heterocycles. The molecule has 0 atom stereocenters. The molecule has 0 unspecified atom stereocenters. The van der Waals surface area contributed by atoms with Crippen molar-refractivity contribution >= 4 is 67.2 Å². The standard InChI is InChI=1S/C31H21Br2N3O7/c32-26-15-21(16-27(33)28(26)43-18-20-6-8-23(9-7-20)36(40)41)14-25-29(37)34-31(39)35(30(25)38)22-10-12-24(13-11-22)42-17-19-4-2-1-3-5-19/h1-16H,17-18H2,(H,34,37,39)/b25-14+. The van der Waals surface area contributed by atoms with Crippen molar-refractivity contribution < 1.29 is 28.8 Å². The Hall–Kier alpha value is -4.81. The third kappa shape index (κ3) is 6.99. The molecule has 4 aromatic rings. The number of nitro groups is 1. The Balaban J connectivity index is 1.31. The molecule has 1 saturated heterocycles. The zero-order valence-electron chi connectivity index (χ0n) is 22.2. The third-order valence-corrected chi connectivity index (χ3v) is 7.48. The van der Waals surface area contributed by atoms with Crippen LogP contribution in [0.25, 0.3) is 6.08 Å². The fourth-order valence-corrected chi connectivity index (χ4v) is 5.61. The van der Waals surface area contributed by atoms with Gasteiger partial charge in [-0.25, -0.2) is 9.69 Å². The van der Waals surface area contributed by atoms with Gasteiger partial charge in [-0.05, 0) is 103 Å². The number of non-ortho nitro benzene ring substituents is 1. The molecule has 0 bridgehead atoms. The van der Waals surface area contributed by atoms with E-state index in [2.05, 4.69) is 37.2 Å². The van der Waals surface area contributed by atoms with E-state index >= 15 is 0 Å². The van der Waals surface area contributed by atoms with E-state index in [0.717, 1.165) is 16.0 Å². The topological polar surface area (TPSA) is 128 Å². The number of ether oxygens (including phenoxy) is 2. The lowest BCUT2D eigenvalue weighted by Crippen LogP contribution is -2.54.